The molecule has 17 unspecified atom stereocenters. The normalized spacial score (nSPS) is 26.8. The number of nitrogens with one attached hydrogen (secondary N) is 2. The zero-order chi connectivity index (χ0) is 84.6. The number of Topliss-reactive ketones (excluding diaryl/α,β-unsaturated/α-hetero) is 5. The number of hydrogen-bond donors (Lipinski definition) is 12. The Morgan fingerprint density at radius 3 is 1.12 bits per heavy atom. The number of carbonyl (C=O) groups is 8. The minimum Gasteiger partial charge on any atom is -0.756 e. The first-order valence-corrected chi connectivity index (χ1v) is 44.1. The summed E-state index contributed by atoms with van der Waals surface area (Å²) in [6, 6.07) is -0.418. The zero-order valence-corrected chi connectivity index (χ0v) is 69.8. The van der Waals surface area contributed by atoms with Crippen LogP contribution in [0.3, 0.4) is 0 Å². The highest BCUT2D eigenvalue weighted by Crippen LogP contribution is 2.35. The maximum atomic E-state index is 14.2. The summed E-state index contributed by atoms with van der Waals surface area (Å²) in [4.78, 5) is 127. The number of phosphoric acid groups is 1. The van der Waals surface area contributed by atoms with E-state index in [4.69, 9.17) is 47.5 Å². The van der Waals surface area contributed by atoms with Crippen molar-refractivity contribution in [2.24, 2.45) is 29.1 Å². The number of aliphatic hydroxyl groups is 9. The van der Waals surface area contributed by atoms with Crippen LogP contribution in [0.4, 0.5) is 0 Å². The zero-order valence-electron chi connectivity index (χ0n) is 68.9. The van der Waals surface area contributed by atoms with Gasteiger partial charge in [-0.25, -0.2) is 0 Å². The fraction of sp³-hybridized carbons (Fsp3) is 0.901. The third kappa shape index (κ3) is 42.5. The molecule has 0 aromatic heterocycles. The summed E-state index contributed by atoms with van der Waals surface area (Å²) in [7, 11) is -4.91. The van der Waals surface area contributed by atoms with Crippen molar-refractivity contribution < 1.29 is 146 Å². The average molecular weight is 1670 g/mol. The van der Waals surface area contributed by atoms with Crippen molar-refractivity contribution in [1.29, 1.82) is 0 Å². The molecule has 33 nitrogen and oxygen atoms in total. The van der Waals surface area contributed by atoms with Crippen molar-refractivity contribution in [2.45, 2.75) is 332 Å². The molecule has 4 aliphatic rings. The van der Waals surface area contributed by atoms with Crippen molar-refractivity contribution in [3.05, 3.63) is 0 Å². The summed E-state index contributed by atoms with van der Waals surface area (Å²) >= 11 is 0. The van der Waals surface area contributed by atoms with Gasteiger partial charge < -0.3 is 118 Å². The Hall–Kier alpha value is -3.85. The van der Waals surface area contributed by atoms with E-state index >= 15 is 0 Å². The molecule has 0 bridgehead atoms. The molecular weight excluding hydrogens is 1530 g/mol. The van der Waals surface area contributed by atoms with Crippen LogP contribution in [0.2, 0.25) is 0 Å². The number of aliphatic hydroxyl groups excluding tert-OH is 9. The molecule has 4 rings (SSSR count). The van der Waals surface area contributed by atoms with E-state index < -0.39 is 131 Å². The molecule has 4 fully saturated rings. The first-order valence-electron chi connectivity index (χ1n) is 42.6. The Morgan fingerprint density at radius 2 is 0.739 bits per heavy atom. The van der Waals surface area contributed by atoms with Gasteiger partial charge in [-0.2, -0.15) is 0 Å². The van der Waals surface area contributed by atoms with Gasteiger partial charge in [0.1, 0.15) is 65.5 Å². The second kappa shape index (κ2) is 59.0. The van der Waals surface area contributed by atoms with Gasteiger partial charge in [0, 0.05) is 146 Å². The van der Waals surface area contributed by atoms with Crippen LogP contribution in [0, 0.1) is 29.1 Å². The number of phosphoric ester groups is 1. The van der Waals surface area contributed by atoms with Gasteiger partial charge in [-0.3, -0.25) is 42.9 Å². The predicted octanol–water partition coefficient (Wildman–Crippen LogP) is 4.35. The lowest BCUT2D eigenvalue weighted by Gasteiger charge is -2.40. The van der Waals surface area contributed by atoms with Crippen LogP contribution in [-0.2, 0) is 90.1 Å². The van der Waals surface area contributed by atoms with E-state index in [0.29, 0.717) is 148 Å². The van der Waals surface area contributed by atoms with E-state index in [1.54, 1.807) is 25.7 Å². The quantitative estimate of drug-likeness (QED) is 0.0297. The Bertz CT molecular complexity index is 2570. The molecule has 3 amide bonds. The number of rotatable bonds is 68. The lowest BCUT2D eigenvalue weighted by atomic mass is 9.83. The number of ether oxygens (including phenoxy) is 9. The summed E-state index contributed by atoms with van der Waals surface area (Å²) in [5, 5.41) is 95.4. The molecule has 12 N–H and O–H groups in total. The molecule has 34 heteroatoms. The van der Waals surface area contributed by atoms with E-state index in [1.807, 2.05) is 6.92 Å². The fourth-order valence-corrected chi connectivity index (χ4v) is 15.1. The third-order valence-electron chi connectivity index (χ3n) is 22.0. The van der Waals surface area contributed by atoms with Gasteiger partial charge in [-0.1, -0.05) is 79.1 Å². The number of hydrogen-bond acceptors (Lipinski definition) is 29. The molecule has 0 radical (unpaired) electrons. The van der Waals surface area contributed by atoms with E-state index in [2.05, 4.69) is 15.2 Å². The fourth-order valence-electron chi connectivity index (χ4n) is 14.7. The van der Waals surface area contributed by atoms with Gasteiger partial charge in [-0.15, -0.1) is 0 Å². The number of likely N-dealkylation sites (tertiary alicyclic amines) is 1. The Labute approximate surface area is 679 Å². The molecular formula is C81H143N3O30P-. The topological polar surface area (TPSA) is 499 Å². The van der Waals surface area contributed by atoms with Crippen molar-refractivity contribution in [3.8, 4) is 0 Å². The molecule has 0 saturated carbocycles. The summed E-state index contributed by atoms with van der Waals surface area (Å²) < 4.78 is 68.6. The van der Waals surface area contributed by atoms with Gasteiger partial charge in [0.15, 0.2) is 18.9 Å². The van der Waals surface area contributed by atoms with Gasteiger partial charge in [0.25, 0.3) is 7.82 Å². The Kier molecular flexibility index (Phi) is 53.1. The number of unbranched alkanes of at least 4 members (excludes halogenated alkanes) is 14. The van der Waals surface area contributed by atoms with Gasteiger partial charge >= 0.3 is 0 Å². The average Bonchev–Trinajstić information content (AvgIpc) is 1.85. The first-order chi connectivity index (χ1) is 55.0. The third-order valence-corrected chi connectivity index (χ3v) is 22.5. The molecule has 0 spiro atoms. The first kappa shape index (κ1) is 103. The van der Waals surface area contributed by atoms with E-state index in [0.717, 1.165) is 38.5 Å². The molecule has 0 aromatic carbocycles. The molecule has 0 aromatic rings. The van der Waals surface area contributed by atoms with Crippen LogP contribution in [0.5, 0.6) is 0 Å². The van der Waals surface area contributed by atoms with E-state index in [-0.39, 0.29) is 177 Å². The SMILES string of the molecule is CC1C(OCCCCC(=O)CCCCCC(=O)CCOCC(COCCC(=O)CCCCCC(=O)CCCCOC2OC(CO)C(O)C(O)C2C)(COCCC(=O)NCCCNC(=O)CCCCOC2OC(CO)C(O)C(O)C2C)CC(=O)CCCCCCCCCCC(=O)N2C[C@H](C)CC2COP(=O)([O-])O)OC(CO)C(O)C1O. The summed E-state index contributed by atoms with van der Waals surface area (Å²) in [6.45, 7) is 6.99. The minimum absolute atomic E-state index is 0.0261. The van der Waals surface area contributed by atoms with Crippen LogP contribution in [0.25, 0.3) is 0 Å². The highest BCUT2D eigenvalue weighted by molar-refractivity contribution is 7.44. The largest absolute Gasteiger partial charge is 0.756 e. The molecule has 4 aliphatic heterocycles. The summed E-state index contributed by atoms with van der Waals surface area (Å²) in [5.74, 6) is -1.93. The Morgan fingerprint density at radius 1 is 0.417 bits per heavy atom. The van der Waals surface area contributed by atoms with Crippen molar-refractivity contribution >= 4 is 54.5 Å². The molecule has 18 atom stereocenters. The van der Waals surface area contributed by atoms with Crippen LogP contribution in [0.1, 0.15) is 252 Å². The molecule has 115 heavy (non-hydrogen) atoms. The maximum Gasteiger partial charge on any atom is 0.265 e. The van der Waals surface area contributed by atoms with Gasteiger partial charge in [0.05, 0.1) is 90.4 Å². The second-order valence-corrected chi connectivity index (χ2v) is 33.5. The van der Waals surface area contributed by atoms with Crippen LogP contribution >= 0.6 is 7.82 Å². The summed E-state index contributed by atoms with van der Waals surface area (Å²) in [6.07, 6.45) is 5.03. The standard InChI is InChI=1S/C81H144N3O30P/c1-56-46-60(52-111-115(102,103)104)84(48-56)71(95)34-18-10-8-6-5-7-9-13-32-65(92)47-81(53-105-43-35-63(90)28-16-11-14-26-61(88)30-19-22-40-108-78-57(2)72(96)75(99)66(49-85)112-78,54-106-44-36-64(91)29-17-12-15-27-62(89)31-20-23-41-109-79-58(3)73(97)76(100)67(50-86)113-79)55-107-45-37-70(94)83-39-25-38-82-69(93)33-21-24-42-110-80-59(4)74(98)77(101)68(51-87)114-80/h56-60,66-68,72-80,85-87,96-101H,5-55H2,1-4H3,(H,82,93)(H,83,94)(H2,102,103,104)/p-1/t56-,57?,58?,59?,60?,66?,67?,68?,72?,73?,74?,75?,76?,77?,78?,79?,80?,81?/m1/s1. The minimum atomic E-state index is -4.91. The predicted molar refractivity (Wildman–Crippen MR) is 417 cm³/mol. The molecule has 4 heterocycles. The molecule has 0 aliphatic carbocycles. The molecule has 4 saturated heterocycles. The number of ketones is 5. The summed E-state index contributed by atoms with van der Waals surface area (Å²) in [5.41, 5.74) is -1.10. The van der Waals surface area contributed by atoms with Crippen molar-refractivity contribution in [1.82, 2.24) is 15.5 Å². The lowest BCUT2D eigenvalue weighted by Crippen LogP contribution is -2.55. The van der Waals surface area contributed by atoms with Crippen LogP contribution in [0.15, 0.2) is 0 Å². The molecule has 668 valence electrons. The van der Waals surface area contributed by atoms with Crippen molar-refractivity contribution in [3.63, 3.8) is 0 Å². The monoisotopic (exact) mass is 1670 g/mol. The maximum absolute atomic E-state index is 14.2. The Balaban J connectivity index is 1.28. The van der Waals surface area contributed by atoms with E-state index in [9.17, 15) is 93.8 Å². The highest BCUT2D eigenvalue weighted by Gasteiger charge is 2.45. The number of nitrogens with zero attached hydrogens (tertiary/aromatic N) is 1. The smallest absolute Gasteiger partial charge is 0.265 e. The highest BCUT2D eigenvalue weighted by atomic mass is 31.2. The number of amides is 3. The van der Waals surface area contributed by atoms with Crippen molar-refractivity contribution in [2.75, 3.05) is 106 Å². The van der Waals surface area contributed by atoms with Gasteiger partial charge in [-0.05, 0) is 95.8 Å². The number of carbonyl (C=O) groups excluding carboxylic acids is 8. The van der Waals surface area contributed by atoms with Gasteiger partial charge in [0.2, 0.25) is 17.7 Å². The second-order valence-electron chi connectivity index (χ2n) is 32.3. The van der Waals surface area contributed by atoms with Crippen LogP contribution in [-0.4, -0.2) is 288 Å². The van der Waals surface area contributed by atoms with Crippen LogP contribution < -0.4 is 15.5 Å². The lowest BCUT2D eigenvalue weighted by molar-refractivity contribution is -0.282. The van der Waals surface area contributed by atoms with E-state index in [1.165, 1.54) is 0 Å².